The van der Waals surface area contributed by atoms with Gasteiger partial charge in [0.15, 0.2) is 0 Å². The Bertz CT molecular complexity index is 6190. The molecule has 17 aromatic carbocycles. The van der Waals surface area contributed by atoms with Gasteiger partial charge in [-0.15, -0.1) is 0 Å². The fourth-order valence-corrected chi connectivity index (χ4v) is 15.0. The molecule has 0 N–H and O–H groups in total. The first-order valence-electron chi connectivity index (χ1n) is 31.0. The lowest BCUT2D eigenvalue weighted by Gasteiger charge is -2.21. The van der Waals surface area contributed by atoms with E-state index in [0.717, 1.165) is 76.9 Å². The van der Waals surface area contributed by atoms with Gasteiger partial charge in [-0.05, 0) is 214 Å². The summed E-state index contributed by atoms with van der Waals surface area (Å²) < 4.78 is 13.7. The second-order valence-electron chi connectivity index (χ2n) is 24.1. The van der Waals surface area contributed by atoms with E-state index in [2.05, 4.69) is 315 Å². The molecule has 2 aromatic heterocycles. The van der Waals surface area contributed by atoms with Gasteiger partial charge >= 0.3 is 0 Å². The molecule has 0 saturated carbocycles. The lowest BCUT2D eigenvalue weighted by Crippen LogP contribution is -1.94. The minimum Gasteiger partial charge on any atom is -0.456 e. The fraction of sp³-hybridized carbons (Fsp3) is 0. The molecule has 19 aromatic rings. The zero-order valence-corrected chi connectivity index (χ0v) is 48.8. The van der Waals surface area contributed by atoms with Crippen molar-refractivity contribution in [3.05, 3.63) is 315 Å². The van der Waals surface area contributed by atoms with Crippen molar-refractivity contribution in [1.82, 2.24) is 0 Å². The molecule has 0 aliphatic carbocycles. The Kier molecular flexibility index (Phi) is 11.1. The zero-order chi connectivity index (χ0) is 59.0. The lowest BCUT2D eigenvalue weighted by atomic mass is 9.82. The molecule has 0 saturated heterocycles. The third-order valence-corrected chi connectivity index (χ3v) is 19.2. The maximum Gasteiger partial charge on any atom is 0.136 e. The van der Waals surface area contributed by atoms with E-state index in [1.807, 2.05) is 0 Å². The van der Waals surface area contributed by atoms with Crippen LogP contribution in [0.25, 0.3) is 197 Å². The number of furan rings is 2. The van der Waals surface area contributed by atoms with Crippen molar-refractivity contribution in [3.8, 4) is 77.9 Å². The molecule has 0 spiro atoms. The van der Waals surface area contributed by atoms with Gasteiger partial charge in [0, 0.05) is 21.5 Å². The van der Waals surface area contributed by atoms with Crippen LogP contribution >= 0.6 is 0 Å². The molecule has 0 amide bonds. The van der Waals surface area contributed by atoms with Gasteiger partial charge in [0.1, 0.15) is 22.3 Å². The molecule has 19 rings (SSSR count). The van der Waals surface area contributed by atoms with E-state index in [1.54, 1.807) is 0 Å². The molecule has 0 unspecified atom stereocenters. The first kappa shape index (κ1) is 50.3. The summed E-state index contributed by atoms with van der Waals surface area (Å²) >= 11 is 0. The first-order valence-corrected chi connectivity index (χ1v) is 31.0. The molecule has 0 fully saturated rings. The van der Waals surface area contributed by atoms with Crippen molar-refractivity contribution < 1.29 is 8.83 Å². The summed E-state index contributed by atoms with van der Waals surface area (Å²) in [5.74, 6) is 0. The highest BCUT2D eigenvalue weighted by Gasteiger charge is 2.24. The predicted octanol–water partition coefficient (Wildman–Crippen LogP) is 25.2. The van der Waals surface area contributed by atoms with Gasteiger partial charge in [-0.2, -0.15) is 0 Å². The van der Waals surface area contributed by atoms with Crippen molar-refractivity contribution in [3.63, 3.8) is 0 Å². The van der Waals surface area contributed by atoms with E-state index in [1.165, 1.54) is 120 Å². The van der Waals surface area contributed by atoms with E-state index in [-0.39, 0.29) is 0 Å². The highest BCUT2D eigenvalue weighted by Crippen LogP contribution is 2.51. The maximum absolute atomic E-state index is 6.87. The summed E-state index contributed by atoms with van der Waals surface area (Å²) in [6.45, 7) is 0. The molecule has 2 nitrogen and oxygen atoms in total. The quantitative estimate of drug-likeness (QED) is 0.149. The SMILES string of the molecule is c1ccc(-c2ccc(-c3c4ccccc4c(-c4ccc5c(c4)oc4cc6ccccc6cc45)c4cc(-c5ccc6c(-c7ccccc7-c7cccc8ccccc78)c7ccccc7c(-c7ccc8c(c7)oc7cc9ccccc9cc78)c6c5)ccc34)cc2)cc1. The van der Waals surface area contributed by atoms with Crippen LogP contribution in [0.4, 0.5) is 0 Å². The smallest absolute Gasteiger partial charge is 0.136 e. The summed E-state index contributed by atoms with van der Waals surface area (Å²) in [6.07, 6.45) is 0. The van der Waals surface area contributed by atoms with E-state index < -0.39 is 0 Å². The Morgan fingerprint density at radius 3 is 1.04 bits per heavy atom. The van der Waals surface area contributed by atoms with Crippen molar-refractivity contribution in [1.29, 1.82) is 0 Å². The van der Waals surface area contributed by atoms with Crippen LogP contribution in [0, 0.1) is 0 Å². The van der Waals surface area contributed by atoms with Gasteiger partial charge in [0.25, 0.3) is 0 Å². The topological polar surface area (TPSA) is 26.3 Å². The Balaban J connectivity index is 0.874. The van der Waals surface area contributed by atoms with Crippen LogP contribution in [0.5, 0.6) is 0 Å². The molecule has 2 heterocycles. The fourth-order valence-electron chi connectivity index (χ4n) is 15.0. The van der Waals surface area contributed by atoms with E-state index in [0.29, 0.717) is 0 Å². The van der Waals surface area contributed by atoms with Gasteiger partial charge in [0.2, 0.25) is 0 Å². The highest BCUT2D eigenvalue weighted by molar-refractivity contribution is 6.26. The minimum absolute atomic E-state index is 0.866. The summed E-state index contributed by atoms with van der Waals surface area (Å²) in [5, 5.41) is 21.1. The number of fused-ring (bicyclic) bond motifs is 13. The second-order valence-corrected chi connectivity index (χ2v) is 24.1. The van der Waals surface area contributed by atoms with Gasteiger partial charge in [-0.3, -0.25) is 0 Å². The minimum atomic E-state index is 0.866. The van der Waals surface area contributed by atoms with E-state index in [9.17, 15) is 0 Å². The second kappa shape index (κ2) is 19.8. The Morgan fingerprint density at radius 1 is 0.144 bits per heavy atom. The monoisotopic (exact) mass is 1140 g/mol. The molecule has 0 atom stereocenters. The van der Waals surface area contributed by atoms with Crippen molar-refractivity contribution in [2.45, 2.75) is 0 Å². The molecule has 0 bridgehead atoms. The average molecular weight is 1140 g/mol. The predicted molar refractivity (Wildman–Crippen MR) is 382 cm³/mol. The van der Waals surface area contributed by atoms with Crippen molar-refractivity contribution in [2.24, 2.45) is 0 Å². The number of hydrogen-bond donors (Lipinski definition) is 0. The Labute approximate surface area is 518 Å². The van der Waals surface area contributed by atoms with Crippen LogP contribution < -0.4 is 0 Å². The summed E-state index contributed by atoms with van der Waals surface area (Å²) in [7, 11) is 0. The van der Waals surface area contributed by atoms with Crippen LogP contribution in [-0.2, 0) is 0 Å². The molecule has 0 radical (unpaired) electrons. The maximum atomic E-state index is 6.87. The van der Waals surface area contributed by atoms with Gasteiger partial charge in [-0.1, -0.05) is 255 Å². The normalized spacial score (nSPS) is 12.0. The molecule has 0 aliphatic rings. The first-order chi connectivity index (χ1) is 44.6. The summed E-state index contributed by atoms with van der Waals surface area (Å²) in [6, 6.07) is 116. The number of benzene rings is 17. The van der Waals surface area contributed by atoms with Crippen molar-refractivity contribution in [2.75, 3.05) is 0 Å². The molecule has 90 heavy (non-hydrogen) atoms. The van der Waals surface area contributed by atoms with Gasteiger partial charge in [0.05, 0.1) is 0 Å². The van der Waals surface area contributed by atoms with Crippen LogP contribution in [-0.4, -0.2) is 0 Å². The molecule has 0 aliphatic heterocycles. The molecular formula is C88H52O2. The summed E-state index contributed by atoms with van der Waals surface area (Å²) in [5.41, 5.74) is 19.9. The van der Waals surface area contributed by atoms with Crippen LogP contribution in [0.2, 0.25) is 0 Å². The lowest BCUT2D eigenvalue weighted by molar-refractivity contribution is 0.669. The third kappa shape index (κ3) is 7.85. The molecule has 416 valence electrons. The highest BCUT2D eigenvalue weighted by atomic mass is 16.3. The average Bonchev–Trinajstić information content (AvgIpc) is 2.27. The number of hydrogen-bond acceptors (Lipinski definition) is 2. The molecular weight excluding hydrogens is 1090 g/mol. The van der Waals surface area contributed by atoms with Gasteiger partial charge < -0.3 is 8.83 Å². The van der Waals surface area contributed by atoms with Gasteiger partial charge in [-0.25, -0.2) is 0 Å². The Morgan fingerprint density at radius 2 is 0.489 bits per heavy atom. The van der Waals surface area contributed by atoms with Crippen LogP contribution in [0.15, 0.2) is 324 Å². The standard InChI is InChI=1S/C88H52O2/c1-2-17-53(18-3-1)54-33-35-56(36-34-54)85-71-28-12-13-29-72(71)86(63-39-41-68-77-45-57-20-4-6-22-59(57)49-83(77)89-81(68)51-63)79-47-61(37-43-75(79)85)62-38-44-76-80(48-62)87(64-40-42-69-78-46-58-21-5-7-23-60(58)50-84(78)90-82(69)52-64)73-30-14-15-31-74(73)88(76)70-27-11-10-26-67(70)66-32-16-24-55-19-8-9-25-65(55)66/h1-52H. The van der Waals surface area contributed by atoms with Crippen LogP contribution in [0.3, 0.4) is 0 Å². The summed E-state index contributed by atoms with van der Waals surface area (Å²) in [4.78, 5) is 0. The molecule has 2 heteroatoms. The van der Waals surface area contributed by atoms with E-state index >= 15 is 0 Å². The largest absolute Gasteiger partial charge is 0.456 e. The van der Waals surface area contributed by atoms with Crippen molar-refractivity contribution >= 4 is 119 Å². The third-order valence-electron chi connectivity index (χ3n) is 19.2. The Hall–Kier alpha value is -11.8. The van der Waals surface area contributed by atoms with Crippen LogP contribution in [0.1, 0.15) is 0 Å². The zero-order valence-electron chi connectivity index (χ0n) is 48.8. The van der Waals surface area contributed by atoms with E-state index in [4.69, 9.17) is 8.83 Å². The number of rotatable bonds is 7.